The van der Waals surface area contributed by atoms with Gasteiger partial charge in [0.1, 0.15) is 0 Å². The maximum Gasteiger partial charge on any atom is 0.0950 e. The number of likely N-dealkylation sites (tertiary alicyclic amines) is 1. The highest BCUT2D eigenvalue weighted by Gasteiger charge is 2.20. The van der Waals surface area contributed by atoms with Crippen molar-refractivity contribution in [2.24, 2.45) is 0 Å². The number of likely N-dealkylation sites (N-methyl/N-ethyl adjacent to an activating group) is 1. The van der Waals surface area contributed by atoms with Crippen LogP contribution in [0.25, 0.3) is 10.9 Å². The minimum atomic E-state index is 0.636. The van der Waals surface area contributed by atoms with E-state index < -0.39 is 0 Å². The molecular formula is C14H18N4. The summed E-state index contributed by atoms with van der Waals surface area (Å²) in [7, 11) is 2.20. The summed E-state index contributed by atoms with van der Waals surface area (Å²) in [5.74, 6) is 0. The van der Waals surface area contributed by atoms with Crippen LogP contribution < -0.4 is 5.32 Å². The number of nitrogens with zero attached hydrogens (tertiary/aromatic N) is 3. The highest BCUT2D eigenvalue weighted by molar-refractivity contribution is 5.90. The largest absolute Gasteiger partial charge is 0.382 e. The molecule has 94 valence electrons. The summed E-state index contributed by atoms with van der Waals surface area (Å²) < 4.78 is 0. The van der Waals surface area contributed by atoms with Gasteiger partial charge in [-0.05, 0) is 32.5 Å². The predicted molar refractivity (Wildman–Crippen MR) is 73.7 cm³/mol. The smallest absolute Gasteiger partial charge is 0.0950 e. The minimum Gasteiger partial charge on any atom is -0.382 e. The number of anilines is 1. The van der Waals surface area contributed by atoms with E-state index >= 15 is 0 Å². The fraction of sp³-hybridized carbons (Fsp3) is 0.429. The summed E-state index contributed by atoms with van der Waals surface area (Å²) in [6.45, 7) is 2.19. The number of rotatable bonds is 3. The molecule has 0 amide bonds. The van der Waals surface area contributed by atoms with E-state index in [0.29, 0.717) is 6.04 Å². The Balaban J connectivity index is 1.78. The number of fused-ring (bicyclic) bond motifs is 1. The van der Waals surface area contributed by atoms with Gasteiger partial charge >= 0.3 is 0 Å². The topological polar surface area (TPSA) is 41.0 Å². The van der Waals surface area contributed by atoms with Crippen LogP contribution in [0.3, 0.4) is 0 Å². The average Bonchev–Trinajstić information content (AvgIpc) is 2.82. The van der Waals surface area contributed by atoms with Crippen LogP contribution >= 0.6 is 0 Å². The molecule has 1 atom stereocenters. The Hall–Kier alpha value is -1.68. The molecule has 0 bridgehead atoms. The third-order valence-electron chi connectivity index (χ3n) is 3.75. The van der Waals surface area contributed by atoms with Crippen LogP contribution in [0.4, 0.5) is 5.69 Å². The van der Waals surface area contributed by atoms with E-state index in [9.17, 15) is 0 Å². The van der Waals surface area contributed by atoms with Gasteiger partial charge in [0.2, 0.25) is 0 Å². The summed E-state index contributed by atoms with van der Waals surface area (Å²) >= 11 is 0. The number of benzene rings is 1. The fourth-order valence-electron chi connectivity index (χ4n) is 2.61. The van der Waals surface area contributed by atoms with E-state index in [1.54, 1.807) is 0 Å². The second kappa shape index (κ2) is 4.90. The normalized spacial score (nSPS) is 20.4. The molecule has 4 nitrogen and oxygen atoms in total. The Bertz CT molecular complexity index is 535. The Morgan fingerprint density at radius 2 is 2.28 bits per heavy atom. The van der Waals surface area contributed by atoms with Gasteiger partial charge in [-0.2, -0.15) is 10.2 Å². The first-order valence-electron chi connectivity index (χ1n) is 6.49. The van der Waals surface area contributed by atoms with Crippen molar-refractivity contribution in [3.05, 3.63) is 30.5 Å². The Labute approximate surface area is 107 Å². The molecule has 0 saturated carbocycles. The molecule has 1 aromatic carbocycles. The second-order valence-electron chi connectivity index (χ2n) is 4.93. The third-order valence-corrected chi connectivity index (χ3v) is 3.75. The van der Waals surface area contributed by atoms with E-state index in [1.807, 2.05) is 24.4 Å². The van der Waals surface area contributed by atoms with Crippen molar-refractivity contribution >= 4 is 16.6 Å². The van der Waals surface area contributed by atoms with E-state index in [0.717, 1.165) is 23.1 Å². The molecule has 2 aromatic rings. The summed E-state index contributed by atoms with van der Waals surface area (Å²) in [6, 6.07) is 8.75. The quantitative estimate of drug-likeness (QED) is 0.895. The van der Waals surface area contributed by atoms with Gasteiger partial charge in [0, 0.05) is 18.0 Å². The van der Waals surface area contributed by atoms with Crippen LogP contribution in [-0.2, 0) is 0 Å². The fourth-order valence-corrected chi connectivity index (χ4v) is 2.61. The Morgan fingerprint density at radius 1 is 1.39 bits per heavy atom. The summed E-state index contributed by atoms with van der Waals surface area (Å²) in [5, 5.41) is 12.8. The van der Waals surface area contributed by atoms with E-state index in [2.05, 4.69) is 33.5 Å². The molecule has 1 unspecified atom stereocenters. The SMILES string of the molecule is CN1CCCC1CNc1cnnc2ccccc12. The van der Waals surface area contributed by atoms with Crippen molar-refractivity contribution in [2.45, 2.75) is 18.9 Å². The van der Waals surface area contributed by atoms with Crippen molar-refractivity contribution in [3.8, 4) is 0 Å². The molecule has 4 heteroatoms. The molecule has 1 N–H and O–H groups in total. The summed E-state index contributed by atoms with van der Waals surface area (Å²) in [6.07, 6.45) is 4.40. The van der Waals surface area contributed by atoms with E-state index in [1.165, 1.54) is 19.4 Å². The second-order valence-corrected chi connectivity index (χ2v) is 4.93. The first-order chi connectivity index (χ1) is 8.84. The van der Waals surface area contributed by atoms with Crippen LogP contribution in [-0.4, -0.2) is 41.3 Å². The van der Waals surface area contributed by atoms with Crippen LogP contribution in [0.1, 0.15) is 12.8 Å². The zero-order chi connectivity index (χ0) is 12.4. The molecule has 1 fully saturated rings. The van der Waals surface area contributed by atoms with Crippen molar-refractivity contribution < 1.29 is 0 Å². The van der Waals surface area contributed by atoms with Crippen molar-refractivity contribution in [1.82, 2.24) is 15.1 Å². The Morgan fingerprint density at radius 3 is 3.11 bits per heavy atom. The van der Waals surface area contributed by atoms with Crippen LogP contribution in [0.5, 0.6) is 0 Å². The van der Waals surface area contributed by atoms with Crippen molar-refractivity contribution in [3.63, 3.8) is 0 Å². The number of aromatic nitrogens is 2. The molecule has 18 heavy (non-hydrogen) atoms. The van der Waals surface area contributed by atoms with Gasteiger partial charge < -0.3 is 10.2 Å². The molecule has 1 aliphatic rings. The highest BCUT2D eigenvalue weighted by Crippen LogP contribution is 2.21. The van der Waals surface area contributed by atoms with Gasteiger partial charge in [-0.3, -0.25) is 0 Å². The monoisotopic (exact) mass is 242 g/mol. The summed E-state index contributed by atoms with van der Waals surface area (Å²) in [4.78, 5) is 2.42. The maximum absolute atomic E-state index is 4.14. The molecule has 0 aliphatic carbocycles. The maximum atomic E-state index is 4.14. The molecule has 1 aliphatic heterocycles. The van der Waals surface area contributed by atoms with Crippen molar-refractivity contribution in [2.75, 3.05) is 25.5 Å². The standard InChI is InChI=1S/C14H18N4/c1-18-8-4-5-11(18)9-15-14-10-16-17-13-7-3-2-6-12(13)14/h2-3,6-7,10-11H,4-5,8-9H2,1H3,(H,15,17). The van der Waals surface area contributed by atoms with Gasteiger partial charge in [0.25, 0.3) is 0 Å². The predicted octanol–water partition coefficient (Wildman–Crippen LogP) is 2.14. The lowest BCUT2D eigenvalue weighted by Gasteiger charge is -2.20. The van der Waals surface area contributed by atoms with Crippen LogP contribution in [0.15, 0.2) is 30.5 Å². The average molecular weight is 242 g/mol. The van der Waals surface area contributed by atoms with E-state index in [-0.39, 0.29) is 0 Å². The molecule has 1 aromatic heterocycles. The van der Waals surface area contributed by atoms with Gasteiger partial charge in [-0.15, -0.1) is 0 Å². The third kappa shape index (κ3) is 2.16. The lowest BCUT2D eigenvalue weighted by Crippen LogP contribution is -2.31. The molecular weight excluding hydrogens is 224 g/mol. The lowest BCUT2D eigenvalue weighted by molar-refractivity contribution is 0.322. The van der Waals surface area contributed by atoms with Gasteiger partial charge in [-0.1, -0.05) is 18.2 Å². The lowest BCUT2D eigenvalue weighted by atomic mass is 10.2. The molecule has 1 saturated heterocycles. The van der Waals surface area contributed by atoms with Gasteiger partial charge in [-0.25, -0.2) is 0 Å². The molecule has 3 rings (SSSR count). The molecule has 0 radical (unpaired) electrons. The highest BCUT2D eigenvalue weighted by atomic mass is 15.2. The van der Waals surface area contributed by atoms with Crippen LogP contribution in [0.2, 0.25) is 0 Å². The number of hydrogen-bond donors (Lipinski definition) is 1. The van der Waals surface area contributed by atoms with Gasteiger partial charge in [0.15, 0.2) is 0 Å². The number of nitrogens with one attached hydrogen (secondary N) is 1. The summed E-state index contributed by atoms with van der Waals surface area (Å²) in [5.41, 5.74) is 2.03. The first kappa shape index (κ1) is 11.4. The van der Waals surface area contributed by atoms with Crippen molar-refractivity contribution in [1.29, 1.82) is 0 Å². The van der Waals surface area contributed by atoms with Crippen LogP contribution in [0, 0.1) is 0 Å². The number of hydrogen-bond acceptors (Lipinski definition) is 4. The first-order valence-corrected chi connectivity index (χ1v) is 6.49. The Kier molecular flexibility index (Phi) is 3.11. The molecule has 2 heterocycles. The zero-order valence-electron chi connectivity index (χ0n) is 10.6. The molecule has 0 spiro atoms. The van der Waals surface area contributed by atoms with E-state index in [4.69, 9.17) is 0 Å². The van der Waals surface area contributed by atoms with Gasteiger partial charge in [0.05, 0.1) is 17.4 Å². The zero-order valence-corrected chi connectivity index (χ0v) is 10.6. The minimum absolute atomic E-state index is 0.636.